The van der Waals surface area contributed by atoms with E-state index in [0.717, 1.165) is 6.07 Å². The van der Waals surface area contributed by atoms with Crippen molar-refractivity contribution in [2.24, 2.45) is 0 Å². The summed E-state index contributed by atoms with van der Waals surface area (Å²) in [7, 11) is 0. The van der Waals surface area contributed by atoms with Gasteiger partial charge in [-0.3, -0.25) is 9.59 Å². The van der Waals surface area contributed by atoms with Crippen molar-refractivity contribution in [3.63, 3.8) is 0 Å². The summed E-state index contributed by atoms with van der Waals surface area (Å²) in [6.45, 7) is 1.86. The highest BCUT2D eigenvalue weighted by Gasteiger charge is 2.14. The predicted octanol–water partition coefficient (Wildman–Crippen LogP) is 3.92. The minimum Gasteiger partial charge on any atom is -0.350 e. The minimum absolute atomic E-state index is 0.201. The van der Waals surface area contributed by atoms with Crippen molar-refractivity contribution in [1.29, 1.82) is 0 Å². The summed E-state index contributed by atoms with van der Waals surface area (Å²) >= 11 is 11.8. The Morgan fingerprint density at radius 3 is 2.50 bits per heavy atom. The Hall–Kier alpha value is -2.11. The van der Waals surface area contributed by atoms with Crippen LogP contribution >= 0.6 is 23.2 Å². The highest BCUT2D eigenvalue weighted by atomic mass is 35.5. The lowest BCUT2D eigenvalue weighted by molar-refractivity contribution is -0.116. The summed E-state index contributed by atoms with van der Waals surface area (Å²) < 4.78 is 13.1. The molecular formula is C17H15Cl2FN2O2. The maximum atomic E-state index is 13.1. The molecule has 0 aliphatic heterocycles. The maximum absolute atomic E-state index is 13.1. The number of rotatable bonds is 5. The molecule has 0 aliphatic rings. The van der Waals surface area contributed by atoms with Gasteiger partial charge in [-0.05, 0) is 36.4 Å². The van der Waals surface area contributed by atoms with E-state index in [0.29, 0.717) is 15.7 Å². The SMILES string of the molecule is CC(=O)N(CCNC(=O)c1cccc(F)c1)c1ccc(Cl)c(Cl)c1. The predicted molar refractivity (Wildman–Crippen MR) is 93.2 cm³/mol. The van der Waals surface area contributed by atoms with Crippen LogP contribution in [0, 0.1) is 5.82 Å². The molecule has 24 heavy (non-hydrogen) atoms. The average molecular weight is 369 g/mol. The largest absolute Gasteiger partial charge is 0.350 e. The Balaban J connectivity index is 2.00. The lowest BCUT2D eigenvalue weighted by atomic mass is 10.2. The van der Waals surface area contributed by atoms with E-state index in [2.05, 4.69) is 5.32 Å². The van der Waals surface area contributed by atoms with Crippen LogP contribution < -0.4 is 10.2 Å². The summed E-state index contributed by atoms with van der Waals surface area (Å²) in [5, 5.41) is 3.38. The van der Waals surface area contributed by atoms with Gasteiger partial charge in [-0.25, -0.2) is 4.39 Å². The summed E-state index contributed by atoms with van der Waals surface area (Å²) in [6, 6.07) is 10.2. The van der Waals surface area contributed by atoms with Gasteiger partial charge in [-0.1, -0.05) is 29.3 Å². The van der Waals surface area contributed by atoms with E-state index in [9.17, 15) is 14.0 Å². The van der Waals surface area contributed by atoms with Crippen molar-refractivity contribution < 1.29 is 14.0 Å². The molecule has 0 heterocycles. The van der Waals surface area contributed by atoms with E-state index in [-0.39, 0.29) is 24.6 Å². The van der Waals surface area contributed by atoms with Crippen LogP contribution in [0.4, 0.5) is 10.1 Å². The molecule has 0 bridgehead atoms. The second-order valence-corrected chi connectivity index (χ2v) is 5.85. The summed E-state index contributed by atoms with van der Waals surface area (Å²) in [4.78, 5) is 25.2. The van der Waals surface area contributed by atoms with Crippen molar-refractivity contribution in [3.8, 4) is 0 Å². The molecule has 7 heteroatoms. The molecule has 0 aliphatic carbocycles. The van der Waals surface area contributed by atoms with Gasteiger partial charge in [0.2, 0.25) is 5.91 Å². The summed E-state index contributed by atoms with van der Waals surface area (Å²) in [5.74, 6) is -1.09. The molecule has 0 fully saturated rings. The third kappa shape index (κ3) is 4.69. The van der Waals surface area contributed by atoms with Crippen molar-refractivity contribution in [2.45, 2.75) is 6.92 Å². The van der Waals surface area contributed by atoms with E-state index in [1.165, 1.54) is 30.0 Å². The fraction of sp³-hybridized carbons (Fsp3) is 0.176. The molecule has 2 aromatic rings. The molecule has 0 atom stereocenters. The Kier molecular flexibility index (Phi) is 6.17. The molecule has 0 saturated heterocycles. The fourth-order valence-electron chi connectivity index (χ4n) is 2.13. The van der Waals surface area contributed by atoms with Crippen LogP contribution in [0.25, 0.3) is 0 Å². The first kappa shape index (κ1) is 18.2. The number of anilines is 1. The van der Waals surface area contributed by atoms with E-state index in [1.54, 1.807) is 18.2 Å². The summed E-state index contributed by atoms with van der Waals surface area (Å²) in [6.07, 6.45) is 0. The number of nitrogens with zero attached hydrogens (tertiary/aromatic N) is 1. The number of nitrogens with one attached hydrogen (secondary N) is 1. The van der Waals surface area contributed by atoms with E-state index in [1.807, 2.05) is 0 Å². The van der Waals surface area contributed by atoms with Gasteiger partial charge in [0.05, 0.1) is 10.0 Å². The number of halogens is 3. The number of hydrogen-bond donors (Lipinski definition) is 1. The molecule has 0 spiro atoms. The minimum atomic E-state index is -0.483. The number of hydrogen-bond acceptors (Lipinski definition) is 2. The zero-order valence-electron chi connectivity index (χ0n) is 12.9. The van der Waals surface area contributed by atoms with E-state index >= 15 is 0 Å². The molecule has 1 N–H and O–H groups in total. The molecular weight excluding hydrogens is 354 g/mol. The Morgan fingerprint density at radius 2 is 1.88 bits per heavy atom. The molecule has 0 unspecified atom stereocenters. The van der Waals surface area contributed by atoms with Gasteiger partial charge in [0.25, 0.3) is 5.91 Å². The van der Waals surface area contributed by atoms with Gasteiger partial charge >= 0.3 is 0 Å². The average Bonchev–Trinajstić information content (AvgIpc) is 2.54. The highest BCUT2D eigenvalue weighted by Crippen LogP contribution is 2.27. The van der Waals surface area contributed by atoms with Gasteiger partial charge in [-0.2, -0.15) is 0 Å². The third-order valence-corrected chi connectivity index (χ3v) is 4.04. The molecule has 0 radical (unpaired) electrons. The normalized spacial score (nSPS) is 10.3. The number of amides is 2. The Labute approximate surface area is 149 Å². The lowest BCUT2D eigenvalue weighted by Crippen LogP contribution is -2.37. The zero-order valence-corrected chi connectivity index (χ0v) is 14.4. The van der Waals surface area contributed by atoms with Crippen LogP contribution in [0.1, 0.15) is 17.3 Å². The van der Waals surface area contributed by atoms with Gasteiger partial charge in [0, 0.05) is 31.3 Å². The van der Waals surface area contributed by atoms with Crippen LogP contribution in [-0.4, -0.2) is 24.9 Å². The van der Waals surface area contributed by atoms with E-state index in [4.69, 9.17) is 23.2 Å². The van der Waals surface area contributed by atoms with Crippen LogP contribution in [0.3, 0.4) is 0 Å². The Morgan fingerprint density at radius 1 is 1.12 bits per heavy atom. The number of carbonyl (C=O) groups excluding carboxylic acids is 2. The zero-order chi connectivity index (χ0) is 17.7. The van der Waals surface area contributed by atoms with Crippen molar-refractivity contribution >= 4 is 40.7 Å². The second kappa shape index (κ2) is 8.13. The number of carbonyl (C=O) groups is 2. The number of benzene rings is 2. The van der Waals surface area contributed by atoms with Crippen molar-refractivity contribution in [3.05, 3.63) is 63.9 Å². The smallest absolute Gasteiger partial charge is 0.251 e. The molecule has 4 nitrogen and oxygen atoms in total. The van der Waals surface area contributed by atoms with Crippen LogP contribution in [0.2, 0.25) is 10.0 Å². The lowest BCUT2D eigenvalue weighted by Gasteiger charge is -2.22. The van der Waals surface area contributed by atoms with Gasteiger partial charge in [-0.15, -0.1) is 0 Å². The van der Waals surface area contributed by atoms with Crippen molar-refractivity contribution in [2.75, 3.05) is 18.0 Å². The van der Waals surface area contributed by atoms with Gasteiger partial charge in [0.1, 0.15) is 5.82 Å². The summed E-state index contributed by atoms with van der Waals surface area (Å²) in [5.41, 5.74) is 0.802. The first-order valence-electron chi connectivity index (χ1n) is 7.15. The van der Waals surface area contributed by atoms with Gasteiger partial charge in [0.15, 0.2) is 0 Å². The van der Waals surface area contributed by atoms with Crippen LogP contribution in [-0.2, 0) is 4.79 Å². The first-order valence-corrected chi connectivity index (χ1v) is 7.91. The first-order chi connectivity index (χ1) is 11.4. The molecule has 0 aromatic heterocycles. The highest BCUT2D eigenvalue weighted by molar-refractivity contribution is 6.42. The fourth-order valence-corrected chi connectivity index (χ4v) is 2.43. The topological polar surface area (TPSA) is 49.4 Å². The molecule has 0 saturated carbocycles. The Bertz CT molecular complexity index is 768. The van der Waals surface area contributed by atoms with E-state index < -0.39 is 11.7 Å². The van der Waals surface area contributed by atoms with Crippen LogP contribution in [0.5, 0.6) is 0 Å². The second-order valence-electron chi connectivity index (χ2n) is 5.04. The standard InChI is InChI=1S/C17H15Cl2FN2O2/c1-11(23)22(14-5-6-15(18)16(19)10-14)8-7-21-17(24)12-3-2-4-13(20)9-12/h2-6,9-10H,7-8H2,1H3,(H,21,24). The molecule has 2 rings (SSSR count). The monoisotopic (exact) mass is 368 g/mol. The quantitative estimate of drug-likeness (QED) is 0.869. The molecule has 2 amide bonds. The maximum Gasteiger partial charge on any atom is 0.251 e. The molecule has 126 valence electrons. The van der Waals surface area contributed by atoms with Gasteiger partial charge < -0.3 is 10.2 Å². The third-order valence-electron chi connectivity index (χ3n) is 3.30. The molecule has 2 aromatic carbocycles. The van der Waals surface area contributed by atoms with Crippen molar-refractivity contribution in [1.82, 2.24) is 5.32 Å². The van der Waals surface area contributed by atoms with Crippen LogP contribution in [0.15, 0.2) is 42.5 Å².